The lowest BCUT2D eigenvalue weighted by Gasteiger charge is -2.08. The Kier molecular flexibility index (Phi) is 3.98. The molecule has 5 heteroatoms. The van der Waals surface area contributed by atoms with Crippen LogP contribution in [0.15, 0.2) is 0 Å². The van der Waals surface area contributed by atoms with E-state index in [1.807, 2.05) is 18.7 Å². The van der Waals surface area contributed by atoms with Gasteiger partial charge in [-0.3, -0.25) is 0 Å². The number of thioether (sulfide) groups is 1. The first-order valence-corrected chi connectivity index (χ1v) is 6.93. The van der Waals surface area contributed by atoms with E-state index in [0.29, 0.717) is 5.95 Å². The van der Waals surface area contributed by atoms with Gasteiger partial charge >= 0.3 is 0 Å². The number of anilines is 1. The molecule has 0 spiro atoms. The fourth-order valence-electron chi connectivity index (χ4n) is 1.96. The average Bonchev–Trinajstić information content (AvgIpc) is 2.78. The van der Waals surface area contributed by atoms with Crippen molar-refractivity contribution >= 4 is 17.7 Å². The Morgan fingerprint density at radius 3 is 2.56 bits per heavy atom. The molecule has 1 fully saturated rings. The molecule has 0 radical (unpaired) electrons. The van der Waals surface area contributed by atoms with Crippen LogP contribution >= 0.6 is 11.8 Å². The zero-order valence-electron chi connectivity index (χ0n) is 9.65. The second-order valence-corrected chi connectivity index (χ2v) is 5.39. The fraction of sp³-hybridized carbons (Fsp3) is 0.727. The predicted octanol–water partition coefficient (Wildman–Crippen LogP) is 2.19. The van der Waals surface area contributed by atoms with E-state index in [-0.39, 0.29) is 0 Å². The summed E-state index contributed by atoms with van der Waals surface area (Å²) < 4.78 is 0. The molecule has 1 aromatic heterocycles. The molecule has 0 aliphatic heterocycles. The molecule has 1 heterocycles. The molecule has 1 aliphatic carbocycles. The van der Waals surface area contributed by atoms with Crippen LogP contribution in [0.5, 0.6) is 0 Å². The van der Waals surface area contributed by atoms with Crippen LogP contribution < -0.4 is 5.73 Å². The van der Waals surface area contributed by atoms with E-state index >= 15 is 0 Å². The Hall–Kier alpha value is -0.840. The molecule has 1 saturated carbocycles. The van der Waals surface area contributed by atoms with Crippen LogP contribution in [-0.4, -0.2) is 20.2 Å². The molecule has 4 nitrogen and oxygen atoms in total. The normalized spacial score (nSPS) is 16.8. The van der Waals surface area contributed by atoms with E-state index in [9.17, 15) is 0 Å². The highest BCUT2D eigenvalue weighted by molar-refractivity contribution is 7.99. The standard InChI is InChI=1S/C11H18N4S/c1-2-9-13-10(15-11(12)14-9)7-16-8-5-3-4-6-8/h8H,2-7H2,1H3,(H2,12,13,14,15). The third-order valence-electron chi connectivity index (χ3n) is 2.81. The SMILES string of the molecule is CCc1nc(N)nc(CSC2CCCC2)n1. The summed E-state index contributed by atoms with van der Waals surface area (Å²) in [5.74, 6) is 2.86. The second-order valence-electron chi connectivity index (χ2n) is 4.10. The third kappa shape index (κ3) is 3.07. The largest absolute Gasteiger partial charge is 0.368 e. The molecule has 0 aromatic carbocycles. The Morgan fingerprint density at radius 1 is 1.19 bits per heavy atom. The van der Waals surface area contributed by atoms with Crippen molar-refractivity contribution in [1.82, 2.24) is 15.0 Å². The molecule has 88 valence electrons. The number of nitrogen functional groups attached to an aromatic ring is 1. The molecule has 16 heavy (non-hydrogen) atoms. The molecular weight excluding hydrogens is 220 g/mol. The van der Waals surface area contributed by atoms with Gasteiger partial charge in [-0.25, -0.2) is 4.98 Å². The lowest BCUT2D eigenvalue weighted by atomic mass is 10.4. The van der Waals surface area contributed by atoms with Crippen molar-refractivity contribution < 1.29 is 0 Å². The Bertz CT molecular complexity index is 350. The van der Waals surface area contributed by atoms with Gasteiger partial charge in [0, 0.05) is 11.7 Å². The van der Waals surface area contributed by atoms with Crippen molar-refractivity contribution in [3.63, 3.8) is 0 Å². The van der Waals surface area contributed by atoms with Crippen LogP contribution in [0, 0.1) is 0 Å². The monoisotopic (exact) mass is 238 g/mol. The van der Waals surface area contributed by atoms with Gasteiger partial charge in [0.05, 0.1) is 5.75 Å². The first kappa shape index (κ1) is 11.6. The van der Waals surface area contributed by atoms with Gasteiger partial charge in [0.25, 0.3) is 0 Å². The molecule has 0 amide bonds. The van der Waals surface area contributed by atoms with Gasteiger partial charge in [-0.1, -0.05) is 19.8 Å². The number of aromatic nitrogens is 3. The number of nitrogens with two attached hydrogens (primary N) is 1. The van der Waals surface area contributed by atoms with Crippen LogP contribution in [0.1, 0.15) is 44.3 Å². The average molecular weight is 238 g/mol. The summed E-state index contributed by atoms with van der Waals surface area (Å²) in [7, 11) is 0. The highest BCUT2D eigenvalue weighted by atomic mass is 32.2. The summed E-state index contributed by atoms with van der Waals surface area (Å²) in [6.07, 6.45) is 6.24. The summed E-state index contributed by atoms with van der Waals surface area (Å²) in [6.45, 7) is 2.03. The summed E-state index contributed by atoms with van der Waals surface area (Å²) in [4.78, 5) is 12.6. The maximum absolute atomic E-state index is 5.65. The van der Waals surface area contributed by atoms with Crippen molar-refractivity contribution in [3.05, 3.63) is 11.6 Å². The number of hydrogen-bond donors (Lipinski definition) is 1. The Morgan fingerprint density at radius 2 is 1.88 bits per heavy atom. The van der Waals surface area contributed by atoms with Crippen LogP contribution in [0.2, 0.25) is 0 Å². The Labute approximate surface area is 100 Å². The van der Waals surface area contributed by atoms with Gasteiger partial charge in [-0.15, -0.1) is 0 Å². The van der Waals surface area contributed by atoms with E-state index in [1.165, 1.54) is 25.7 Å². The number of aryl methyl sites for hydroxylation is 1. The van der Waals surface area contributed by atoms with E-state index in [1.54, 1.807) is 0 Å². The highest BCUT2D eigenvalue weighted by Gasteiger charge is 2.16. The summed E-state index contributed by atoms with van der Waals surface area (Å²) in [5, 5.41) is 0.795. The maximum atomic E-state index is 5.65. The minimum atomic E-state index is 0.355. The van der Waals surface area contributed by atoms with E-state index in [0.717, 1.165) is 29.1 Å². The summed E-state index contributed by atoms with van der Waals surface area (Å²) in [6, 6.07) is 0. The highest BCUT2D eigenvalue weighted by Crippen LogP contribution is 2.30. The molecule has 0 bridgehead atoms. The van der Waals surface area contributed by atoms with Gasteiger partial charge in [0.15, 0.2) is 0 Å². The fourth-order valence-corrected chi connectivity index (χ4v) is 3.14. The van der Waals surface area contributed by atoms with Crippen molar-refractivity contribution in [2.75, 3.05) is 5.73 Å². The van der Waals surface area contributed by atoms with Crippen molar-refractivity contribution in [2.24, 2.45) is 0 Å². The van der Waals surface area contributed by atoms with Crippen molar-refractivity contribution in [3.8, 4) is 0 Å². The van der Waals surface area contributed by atoms with Gasteiger partial charge < -0.3 is 5.73 Å². The van der Waals surface area contributed by atoms with Crippen LogP contribution in [0.4, 0.5) is 5.95 Å². The van der Waals surface area contributed by atoms with Gasteiger partial charge in [0.1, 0.15) is 11.6 Å². The zero-order valence-corrected chi connectivity index (χ0v) is 10.5. The lowest BCUT2D eigenvalue weighted by molar-refractivity contribution is 0.859. The van der Waals surface area contributed by atoms with Crippen LogP contribution in [0.25, 0.3) is 0 Å². The molecule has 0 saturated heterocycles. The minimum Gasteiger partial charge on any atom is -0.368 e. The smallest absolute Gasteiger partial charge is 0.223 e. The summed E-state index contributed by atoms with van der Waals surface area (Å²) in [5.41, 5.74) is 5.65. The van der Waals surface area contributed by atoms with Crippen LogP contribution in [-0.2, 0) is 12.2 Å². The van der Waals surface area contributed by atoms with Gasteiger partial charge in [-0.2, -0.15) is 21.7 Å². The predicted molar refractivity (Wildman–Crippen MR) is 67.2 cm³/mol. The van der Waals surface area contributed by atoms with Crippen molar-refractivity contribution in [1.29, 1.82) is 0 Å². The summed E-state index contributed by atoms with van der Waals surface area (Å²) >= 11 is 1.96. The number of nitrogens with zero attached hydrogens (tertiary/aromatic N) is 3. The minimum absolute atomic E-state index is 0.355. The molecule has 0 atom stereocenters. The molecule has 2 N–H and O–H groups in total. The van der Waals surface area contributed by atoms with Crippen molar-refractivity contribution in [2.45, 2.75) is 50.0 Å². The maximum Gasteiger partial charge on any atom is 0.223 e. The molecule has 2 rings (SSSR count). The third-order valence-corrected chi connectivity index (χ3v) is 4.18. The number of hydrogen-bond acceptors (Lipinski definition) is 5. The van der Waals surface area contributed by atoms with E-state index in [4.69, 9.17) is 5.73 Å². The molecule has 1 aromatic rings. The molecule has 1 aliphatic rings. The van der Waals surface area contributed by atoms with E-state index < -0.39 is 0 Å². The lowest BCUT2D eigenvalue weighted by Crippen LogP contribution is -2.07. The molecule has 0 unspecified atom stereocenters. The van der Waals surface area contributed by atoms with Crippen LogP contribution in [0.3, 0.4) is 0 Å². The Balaban J connectivity index is 1.94. The van der Waals surface area contributed by atoms with Gasteiger partial charge in [0.2, 0.25) is 5.95 Å². The topological polar surface area (TPSA) is 64.7 Å². The quantitative estimate of drug-likeness (QED) is 0.871. The zero-order chi connectivity index (χ0) is 11.4. The van der Waals surface area contributed by atoms with Gasteiger partial charge in [-0.05, 0) is 12.8 Å². The first-order valence-electron chi connectivity index (χ1n) is 5.89. The molecular formula is C11H18N4S. The first-order chi connectivity index (χ1) is 7.78. The second kappa shape index (κ2) is 5.48. The van der Waals surface area contributed by atoms with E-state index in [2.05, 4.69) is 15.0 Å². The number of rotatable bonds is 4.